The minimum atomic E-state index is 0.515. The van der Waals surface area contributed by atoms with Gasteiger partial charge in [0.25, 0.3) is 0 Å². The molecule has 3 rings (SSSR count). The van der Waals surface area contributed by atoms with E-state index in [0.29, 0.717) is 12.5 Å². The standard InChI is InChI=1S/C19H16BrNO/c1-14-7-12-18(16-8-10-17(20)11-9-16)19(21-14)22-13-15-5-3-2-4-6-15/h2-12H,13H2,1H3. The molecule has 0 saturated carbocycles. The molecule has 0 aliphatic rings. The van der Waals surface area contributed by atoms with Crippen LogP contribution < -0.4 is 4.74 Å². The van der Waals surface area contributed by atoms with Crippen molar-refractivity contribution in [2.75, 3.05) is 0 Å². The van der Waals surface area contributed by atoms with Gasteiger partial charge in [-0.3, -0.25) is 0 Å². The largest absolute Gasteiger partial charge is 0.472 e. The Labute approximate surface area is 138 Å². The van der Waals surface area contributed by atoms with Crippen molar-refractivity contribution < 1.29 is 4.74 Å². The Balaban J connectivity index is 1.89. The van der Waals surface area contributed by atoms with Crippen molar-refractivity contribution in [3.63, 3.8) is 0 Å². The summed E-state index contributed by atoms with van der Waals surface area (Å²) in [5.74, 6) is 0.672. The molecular weight excluding hydrogens is 338 g/mol. The highest BCUT2D eigenvalue weighted by molar-refractivity contribution is 9.10. The molecule has 0 N–H and O–H groups in total. The second-order valence-electron chi connectivity index (χ2n) is 5.09. The molecule has 22 heavy (non-hydrogen) atoms. The van der Waals surface area contributed by atoms with Crippen molar-refractivity contribution in [1.29, 1.82) is 0 Å². The van der Waals surface area contributed by atoms with Crippen LogP contribution in [0.4, 0.5) is 0 Å². The van der Waals surface area contributed by atoms with E-state index >= 15 is 0 Å². The summed E-state index contributed by atoms with van der Waals surface area (Å²) in [7, 11) is 0. The molecule has 0 radical (unpaired) electrons. The van der Waals surface area contributed by atoms with Gasteiger partial charge in [-0.05, 0) is 42.3 Å². The second-order valence-corrected chi connectivity index (χ2v) is 6.00. The maximum Gasteiger partial charge on any atom is 0.221 e. The van der Waals surface area contributed by atoms with Gasteiger partial charge in [0.05, 0.1) is 0 Å². The van der Waals surface area contributed by atoms with Crippen LogP contribution in [0.1, 0.15) is 11.3 Å². The first-order valence-electron chi connectivity index (χ1n) is 7.13. The van der Waals surface area contributed by atoms with Gasteiger partial charge in [-0.2, -0.15) is 0 Å². The van der Waals surface area contributed by atoms with E-state index in [9.17, 15) is 0 Å². The first kappa shape index (κ1) is 14.8. The lowest BCUT2D eigenvalue weighted by Crippen LogP contribution is -2.00. The van der Waals surface area contributed by atoms with Crippen molar-refractivity contribution >= 4 is 15.9 Å². The third-order valence-corrected chi connectivity index (χ3v) is 3.90. The minimum absolute atomic E-state index is 0.515. The fourth-order valence-electron chi connectivity index (χ4n) is 2.22. The van der Waals surface area contributed by atoms with Crippen molar-refractivity contribution in [3.05, 3.63) is 82.5 Å². The Morgan fingerprint density at radius 1 is 0.909 bits per heavy atom. The van der Waals surface area contributed by atoms with Crippen LogP contribution in [0, 0.1) is 6.92 Å². The number of hydrogen-bond acceptors (Lipinski definition) is 2. The highest BCUT2D eigenvalue weighted by Gasteiger charge is 2.09. The molecule has 2 nitrogen and oxygen atoms in total. The van der Waals surface area contributed by atoms with Gasteiger partial charge in [-0.25, -0.2) is 4.98 Å². The van der Waals surface area contributed by atoms with E-state index in [0.717, 1.165) is 26.9 Å². The van der Waals surface area contributed by atoms with Crippen molar-refractivity contribution in [3.8, 4) is 17.0 Å². The fraction of sp³-hybridized carbons (Fsp3) is 0.105. The van der Waals surface area contributed by atoms with Crippen molar-refractivity contribution in [1.82, 2.24) is 4.98 Å². The average Bonchev–Trinajstić information content (AvgIpc) is 2.55. The molecule has 0 aliphatic heterocycles. The molecule has 110 valence electrons. The zero-order chi connectivity index (χ0) is 15.4. The van der Waals surface area contributed by atoms with Crippen LogP contribution in [0.3, 0.4) is 0 Å². The van der Waals surface area contributed by atoms with E-state index in [1.54, 1.807) is 0 Å². The smallest absolute Gasteiger partial charge is 0.221 e. The number of benzene rings is 2. The second kappa shape index (κ2) is 6.75. The van der Waals surface area contributed by atoms with E-state index in [4.69, 9.17) is 4.74 Å². The number of rotatable bonds is 4. The zero-order valence-electron chi connectivity index (χ0n) is 12.3. The Morgan fingerprint density at radius 3 is 2.36 bits per heavy atom. The maximum absolute atomic E-state index is 5.97. The van der Waals surface area contributed by atoms with Crippen LogP contribution in [-0.4, -0.2) is 4.98 Å². The summed E-state index contributed by atoms with van der Waals surface area (Å²) in [5, 5.41) is 0. The Hall–Kier alpha value is -2.13. The predicted molar refractivity (Wildman–Crippen MR) is 92.9 cm³/mol. The summed E-state index contributed by atoms with van der Waals surface area (Å²) in [6.45, 7) is 2.49. The molecular formula is C19H16BrNO. The summed E-state index contributed by atoms with van der Waals surface area (Å²) >= 11 is 3.46. The SMILES string of the molecule is Cc1ccc(-c2ccc(Br)cc2)c(OCc2ccccc2)n1. The summed E-state index contributed by atoms with van der Waals surface area (Å²) in [4.78, 5) is 4.55. The van der Waals surface area contributed by atoms with Crippen LogP contribution in [0.15, 0.2) is 71.2 Å². The van der Waals surface area contributed by atoms with Crippen LogP contribution in [0.2, 0.25) is 0 Å². The molecule has 0 amide bonds. The zero-order valence-corrected chi connectivity index (χ0v) is 13.9. The van der Waals surface area contributed by atoms with Crippen LogP contribution in [-0.2, 0) is 6.61 Å². The van der Waals surface area contributed by atoms with Crippen LogP contribution in [0.5, 0.6) is 5.88 Å². The van der Waals surface area contributed by atoms with E-state index in [2.05, 4.69) is 51.2 Å². The number of nitrogens with zero attached hydrogens (tertiary/aromatic N) is 1. The third kappa shape index (κ3) is 3.55. The number of halogens is 1. The van der Waals surface area contributed by atoms with E-state index in [1.807, 2.05) is 43.3 Å². The molecule has 0 saturated heterocycles. The lowest BCUT2D eigenvalue weighted by atomic mass is 10.1. The third-order valence-electron chi connectivity index (χ3n) is 3.37. The van der Waals surface area contributed by atoms with Crippen LogP contribution in [0.25, 0.3) is 11.1 Å². The van der Waals surface area contributed by atoms with Crippen LogP contribution >= 0.6 is 15.9 Å². The molecule has 3 aromatic rings. The summed E-state index contributed by atoms with van der Waals surface area (Å²) in [6.07, 6.45) is 0. The average molecular weight is 354 g/mol. The fourth-order valence-corrected chi connectivity index (χ4v) is 2.48. The number of pyridine rings is 1. The van der Waals surface area contributed by atoms with Gasteiger partial charge in [0, 0.05) is 15.7 Å². The van der Waals surface area contributed by atoms with Gasteiger partial charge in [0.15, 0.2) is 0 Å². The quantitative estimate of drug-likeness (QED) is 0.626. The lowest BCUT2D eigenvalue weighted by molar-refractivity contribution is 0.295. The topological polar surface area (TPSA) is 22.1 Å². The highest BCUT2D eigenvalue weighted by atomic mass is 79.9. The molecule has 0 fully saturated rings. The van der Waals surface area contributed by atoms with Crippen molar-refractivity contribution in [2.45, 2.75) is 13.5 Å². The maximum atomic E-state index is 5.97. The summed E-state index contributed by atoms with van der Waals surface area (Å²) < 4.78 is 7.02. The molecule has 2 aromatic carbocycles. The number of aromatic nitrogens is 1. The van der Waals surface area contributed by atoms with Gasteiger partial charge >= 0.3 is 0 Å². The van der Waals surface area contributed by atoms with Gasteiger partial charge in [0.1, 0.15) is 6.61 Å². The molecule has 3 heteroatoms. The van der Waals surface area contributed by atoms with Crippen molar-refractivity contribution in [2.24, 2.45) is 0 Å². The highest BCUT2D eigenvalue weighted by Crippen LogP contribution is 2.30. The molecule has 0 spiro atoms. The minimum Gasteiger partial charge on any atom is -0.472 e. The molecule has 0 unspecified atom stereocenters. The number of hydrogen-bond donors (Lipinski definition) is 0. The number of aryl methyl sites for hydroxylation is 1. The summed E-state index contributed by atoms with van der Waals surface area (Å²) in [6, 6.07) is 22.4. The van der Waals surface area contributed by atoms with Gasteiger partial charge < -0.3 is 4.74 Å². The molecule has 0 atom stereocenters. The van der Waals surface area contributed by atoms with E-state index in [-0.39, 0.29) is 0 Å². The number of ether oxygens (including phenoxy) is 1. The first-order chi connectivity index (χ1) is 10.7. The van der Waals surface area contributed by atoms with Gasteiger partial charge in [-0.15, -0.1) is 0 Å². The Morgan fingerprint density at radius 2 is 1.64 bits per heavy atom. The molecule has 0 aliphatic carbocycles. The Bertz CT molecular complexity index is 754. The van der Waals surface area contributed by atoms with E-state index < -0.39 is 0 Å². The molecule has 1 heterocycles. The predicted octanol–water partition coefficient (Wildman–Crippen LogP) is 5.40. The normalized spacial score (nSPS) is 10.5. The molecule has 1 aromatic heterocycles. The summed E-state index contributed by atoms with van der Waals surface area (Å²) in [5.41, 5.74) is 4.18. The van der Waals surface area contributed by atoms with Gasteiger partial charge in [0.2, 0.25) is 5.88 Å². The van der Waals surface area contributed by atoms with E-state index in [1.165, 1.54) is 0 Å². The monoisotopic (exact) mass is 353 g/mol. The molecule has 0 bridgehead atoms. The first-order valence-corrected chi connectivity index (χ1v) is 7.92. The Kier molecular flexibility index (Phi) is 4.54. The lowest BCUT2D eigenvalue weighted by Gasteiger charge is -2.12. The van der Waals surface area contributed by atoms with Gasteiger partial charge in [-0.1, -0.05) is 58.4 Å².